The number of hydrogen-bond donors (Lipinski definition) is 2. The standard InChI is InChI=1S/C10H16N4S/c1-3-5-12-10(11)13-6-4-9-7-15-8(2)14-9/h3,7H,1,4-6H2,2H3,(H3,11,12,13). The first-order valence-corrected chi connectivity index (χ1v) is 5.66. The molecule has 0 amide bonds. The summed E-state index contributed by atoms with van der Waals surface area (Å²) in [6, 6.07) is 0. The van der Waals surface area contributed by atoms with E-state index in [-0.39, 0.29) is 0 Å². The predicted molar refractivity (Wildman–Crippen MR) is 65.2 cm³/mol. The zero-order chi connectivity index (χ0) is 11.1. The van der Waals surface area contributed by atoms with E-state index in [9.17, 15) is 0 Å². The lowest BCUT2D eigenvalue weighted by Gasteiger charge is -2.00. The number of aryl methyl sites for hydroxylation is 1. The van der Waals surface area contributed by atoms with E-state index in [0.29, 0.717) is 19.0 Å². The molecule has 0 aromatic carbocycles. The van der Waals surface area contributed by atoms with Gasteiger partial charge < -0.3 is 11.1 Å². The first kappa shape index (κ1) is 11.7. The van der Waals surface area contributed by atoms with Crippen LogP contribution < -0.4 is 11.1 Å². The van der Waals surface area contributed by atoms with Crippen LogP contribution in [0.25, 0.3) is 0 Å². The molecule has 0 aliphatic rings. The lowest BCUT2D eigenvalue weighted by Crippen LogP contribution is -2.31. The van der Waals surface area contributed by atoms with Gasteiger partial charge in [-0.3, -0.25) is 4.99 Å². The highest BCUT2D eigenvalue weighted by Gasteiger charge is 1.97. The van der Waals surface area contributed by atoms with Gasteiger partial charge in [0.2, 0.25) is 0 Å². The summed E-state index contributed by atoms with van der Waals surface area (Å²) in [4.78, 5) is 8.51. The van der Waals surface area contributed by atoms with Crippen molar-refractivity contribution < 1.29 is 0 Å². The molecular weight excluding hydrogens is 208 g/mol. The fraction of sp³-hybridized carbons (Fsp3) is 0.400. The maximum atomic E-state index is 5.60. The molecule has 0 radical (unpaired) electrons. The average molecular weight is 224 g/mol. The highest BCUT2D eigenvalue weighted by molar-refractivity contribution is 7.09. The summed E-state index contributed by atoms with van der Waals surface area (Å²) in [5, 5.41) is 6.06. The summed E-state index contributed by atoms with van der Waals surface area (Å²) in [7, 11) is 0. The number of aromatic nitrogens is 1. The second-order valence-electron chi connectivity index (χ2n) is 3.04. The summed E-state index contributed by atoms with van der Waals surface area (Å²) >= 11 is 1.66. The van der Waals surface area contributed by atoms with Crippen molar-refractivity contribution in [3.05, 3.63) is 28.7 Å². The highest BCUT2D eigenvalue weighted by Crippen LogP contribution is 2.07. The van der Waals surface area contributed by atoms with E-state index in [1.807, 2.05) is 6.92 Å². The number of nitrogens with two attached hydrogens (primary N) is 1. The fourth-order valence-corrected chi connectivity index (χ4v) is 1.69. The van der Waals surface area contributed by atoms with Gasteiger partial charge in [0.1, 0.15) is 0 Å². The minimum absolute atomic E-state index is 0.460. The maximum Gasteiger partial charge on any atom is 0.188 e. The molecule has 1 heterocycles. The van der Waals surface area contributed by atoms with Crippen molar-refractivity contribution in [3.8, 4) is 0 Å². The van der Waals surface area contributed by atoms with Gasteiger partial charge in [0.05, 0.1) is 10.7 Å². The van der Waals surface area contributed by atoms with E-state index < -0.39 is 0 Å². The number of aliphatic imine (C=N–C) groups is 1. The smallest absolute Gasteiger partial charge is 0.188 e. The molecule has 0 unspecified atom stereocenters. The average Bonchev–Trinajstić information content (AvgIpc) is 2.61. The van der Waals surface area contributed by atoms with E-state index >= 15 is 0 Å². The van der Waals surface area contributed by atoms with Crippen molar-refractivity contribution >= 4 is 17.3 Å². The van der Waals surface area contributed by atoms with Gasteiger partial charge in [0, 0.05) is 24.9 Å². The minimum atomic E-state index is 0.460. The molecule has 15 heavy (non-hydrogen) atoms. The lowest BCUT2D eigenvalue weighted by molar-refractivity contribution is 0.905. The number of hydrogen-bond acceptors (Lipinski definition) is 3. The molecule has 3 N–H and O–H groups in total. The van der Waals surface area contributed by atoms with Gasteiger partial charge in [-0.25, -0.2) is 4.98 Å². The molecule has 0 fully saturated rings. The summed E-state index contributed by atoms with van der Waals surface area (Å²) < 4.78 is 0. The Labute approximate surface area is 93.9 Å². The van der Waals surface area contributed by atoms with Crippen molar-refractivity contribution in [1.29, 1.82) is 0 Å². The second-order valence-corrected chi connectivity index (χ2v) is 4.11. The Hall–Kier alpha value is -1.36. The van der Waals surface area contributed by atoms with Gasteiger partial charge in [-0.05, 0) is 6.92 Å². The van der Waals surface area contributed by atoms with Gasteiger partial charge >= 0.3 is 0 Å². The van der Waals surface area contributed by atoms with E-state index in [4.69, 9.17) is 5.73 Å². The Morgan fingerprint density at radius 2 is 2.60 bits per heavy atom. The normalized spacial score (nSPS) is 11.4. The zero-order valence-corrected chi connectivity index (χ0v) is 9.68. The van der Waals surface area contributed by atoms with E-state index in [1.54, 1.807) is 17.4 Å². The van der Waals surface area contributed by atoms with Gasteiger partial charge in [-0.1, -0.05) is 6.08 Å². The molecule has 1 rings (SSSR count). The van der Waals surface area contributed by atoms with Crippen molar-refractivity contribution in [1.82, 2.24) is 10.3 Å². The lowest BCUT2D eigenvalue weighted by atomic mass is 10.3. The molecule has 0 aliphatic carbocycles. The van der Waals surface area contributed by atoms with Crippen molar-refractivity contribution in [3.63, 3.8) is 0 Å². The SMILES string of the molecule is C=CCNC(N)=NCCc1csc(C)n1. The van der Waals surface area contributed by atoms with Crippen molar-refractivity contribution in [2.45, 2.75) is 13.3 Å². The van der Waals surface area contributed by atoms with Crippen LogP contribution in [0.1, 0.15) is 10.7 Å². The quantitative estimate of drug-likeness (QED) is 0.447. The van der Waals surface area contributed by atoms with Crippen LogP contribution in [0, 0.1) is 6.92 Å². The summed E-state index contributed by atoms with van der Waals surface area (Å²) in [6.07, 6.45) is 2.58. The molecule has 0 saturated heterocycles. The third-order valence-corrected chi connectivity index (χ3v) is 2.57. The molecule has 0 atom stereocenters. The summed E-state index contributed by atoms with van der Waals surface area (Å²) in [5.41, 5.74) is 6.68. The molecule has 0 bridgehead atoms. The molecule has 82 valence electrons. The number of rotatable bonds is 5. The van der Waals surface area contributed by atoms with Crippen LogP contribution >= 0.6 is 11.3 Å². The largest absolute Gasteiger partial charge is 0.370 e. The van der Waals surface area contributed by atoms with E-state index in [1.165, 1.54) is 0 Å². The van der Waals surface area contributed by atoms with Crippen LogP contribution in [0.3, 0.4) is 0 Å². The fourth-order valence-electron chi connectivity index (χ4n) is 1.05. The Bertz CT molecular complexity index is 343. The van der Waals surface area contributed by atoms with Crippen LogP contribution in [0.2, 0.25) is 0 Å². The molecule has 5 heteroatoms. The third-order valence-electron chi connectivity index (χ3n) is 1.74. The number of nitrogens with one attached hydrogen (secondary N) is 1. The van der Waals surface area contributed by atoms with Crippen LogP contribution in [-0.4, -0.2) is 24.0 Å². The second kappa shape index (κ2) is 6.19. The summed E-state index contributed by atoms with van der Waals surface area (Å²) in [5.74, 6) is 0.460. The first-order chi connectivity index (χ1) is 7.22. The monoisotopic (exact) mass is 224 g/mol. The molecule has 1 aromatic heterocycles. The number of thiazole rings is 1. The minimum Gasteiger partial charge on any atom is -0.370 e. The Balaban J connectivity index is 2.28. The number of guanidine groups is 1. The molecule has 0 aliphatic heterocycles. The van der Waals surface area contributed by atoms with E-state index in [0.717, 1.165) is 17.1 Å². The van der Waals surface area contributed by atoms with Crippen LogP contribution in [0.5, 0.6) is 0 Å². The first-order valence-electron chi connectivity index (χ1n) is 4.78. The van der Waals surface area contributed by atoms with E-state index in [2.05, 4.69) is 27.3 Å². The van der Waals surface area contributed by atoms with Crippen molar-refractivity contribution in [2.75, 3.05) is 13.1 Å². The molecule has 4 nitrogen and oxygen atoms in total. The molecule has 0 spiro atoms. The van der Waals surface area contributed by atoms with Crippen LogP contribution in [-0.2, 0) is 6.42 Å². The van der Waals surface area contributed by atoms with Gasteiger partial charge in [-0.2, -0.15) is 0 Å². The van der Waals surface area contributed by atoms with Crippen LogP contribution in [0.15, 0.2) is 23.0 Å². The van der Waals surface area contributed by atoms with Gasteiger partial charge in [0.15, 0.2) is 5.96 Å². The van der Waals surface area contributed by atoms with Crippen LogP contribution in [0.4, 0.5) is 0 Å². The highest BCUT2D eigenvalue weighted by atomic mass is 32.1. The molecular formula is C10H16N4S. The Kier molecular flexibility index (Phi) is 4.83. The third kappa shape index (κ3) is 4.60. The summed E-state index contributed by atoms with van der Waals surface area (Å²) in [6.45, 7) is 6.89. The number of nitrogens with zero attached hydrogens (tertiary/aromatic N) is 2. The maximum absolute atomic E-state index is 5.60. The molecule has 0 saturated carbocycles. The van der Waals surface area contributed by atoms with Gasteiger partial charge in [0.25, 0.3) is 0 Å². The van der Waals surface area contributed by atoms with Crippen molar-refractivity contribution in [2.24, 2.45) is 10.7 Å². The predicted octanol–water partition coefficient (Wildman–Crippen LogP) is 1.08. The molecule has 1 aromatic rings. The Morgan fingerprint density at radius 1 is 1.80 bits per heavy atom. The topological polar surface area (TPSA) is 63.3 Å². The van der Waals surface area contributed by atoms with Gasteiger partial charge in [-0.15, -0.1) is 17.9 Å². The Morgan fingerprint density at radius 3 is 3.20 bits per heavy atom. The zero-order valence-electron chi connectivity index (χ0n) is 8.86.